The van der Waals surface area contributed by atoms with Gasteiger partial charge in [0.1, 0.15) is 5.56 Å². The summed E-state index contributed by atoms with van der Waals surface area (Å²) < 4.78 is 1.65. The van der Waals surface area contributed by atoms with Gasteiger partial charge in [-0.25, -0.2) is 9.50 Å². The van der Waals surface area contributed by atoms with Gasteiger partial charge in [-0.3, -0.25) is 9.59 Å². The molecular formula is C23H27N5O2. The lowest BCUT2D eigenvalue weighted by molar-refractivity contribution is -0.122. The summed E-state index contributed by atoms with van der Waals surface area (Å²) in [6.45, 7) is 5.24. The number of nitrogens with one attached hydrogen (secondary N) is 1. The normalized spacial score (nSPS) is 15.9. The van der Waals surface area contributed by atoms with Crippen LogP contribution in [0.3, 0.4) is 0 Å². The molecule has 0 bridgehead atoms. The predicted octanol–water partition coefficient (Wildman–Crippen LogP) is 3.16. The van der Waals surface area contributed by atoms with Crippen LogP contribution in [0.5, 0.6) is 0 Å². The van der Waals surface area contributed by atoms with Crippen molar-refractivity contribution in [2.75, 3.05) is 13.1 Å². The number of aryl methyl sites for hydroxylation is 1. The van der Waals surface area contributed by atoms with E-state index in [1.54, 1.807) is 16.9 Å². The van der Waals surface area contributed by atoms with E-state index in [4.69, 9.17) is 0 Å². The maximum Gasteiger partial charge on any atom is 0.259 e. The second kappa shape index (κ2) is 8.65. The van der Waals surface area contributed by atoms with Crippen molar-refractivity contribution in [1.29, 1.82) is 0 Å². The van der Waals surface area contributed by atoms with Gasteiger partial charge < -0.3 is 10.2 Å². The number of hydrogen-bond acceptors (Lipinski definition) is 4. The molecule has 1 aliphatic heterocycles. The lowest BCUT2D eigenvalue weighted by Gasteiger charge is -2.31. The summed E-state index contributed by atoms with van der Waals surface area (Å²) in [6, 6.07) is 9.96. The van der Waals surface area contributed by atoms with Crippen LogP contribution in [0.1, 0.15) is 53.7 Å². The minimum Gasteiger partial charge on any atom is -0.350 e. The SMILES string of the molecule is Cc1cnc2c(C(=O)N3CCC(CC(=O)NC(C)c4ccccc4)CC3)cnn2c1. The summed E-state index contributed by atoms with van der Waals surface area (Å²) in [5, 5.41) is 7.34. The van der Waals surface area contributed by atoms with Crippen LogP contribution in [0.15, 0.2) is 48.9 Å². The molecule has 7 nitrogen and oxygen atoms in total. The number of carbonyl (C=O) groups excluding carboxylic acids is 2. The van der Waals surface area contributed by atoms with Crippen molar-refractivity contribution in [2.24, 2.45) is 5.92 Å². The van der Waals surface area contributed by atoms with E-state index in [0.717, 1.165) is 24.0 Å². The average Bonchev–Trinajstić information content (AvgIpc) is 3.17. The molecule has 1 unspecified atom stereocenters. The van der Waals surface area contributed by atoms with Crippen molar-refractivity contribution in [2.45, 2.75) is 39.2 Å². The van der Waals surface area contributed by atoms with E-state index in [2.05, 4.69) is 15.4 Å². The van der Waals surface area contributed by atoms with Gasteiger partial charge in [0.25, 0.3) is 5.91 Å². The molecule has 1 atom stereocenters. The number of likely N-dealkylation sites (tertiary alicyclic amines) is 1. The van der Waals surface area contributed by atoms with Gasteiger partial charge in [0.05, 0.1) is 12.2 Å². The Bertz CT molecular complexity index is 1040. The van der Waals surface area contributed by atoms with Crippen molar-refractivity contribution in [3.8, 4) is 0 Å². The quantitative estimate of drug-likeness (QED) is 0.707. The van der Waals surface area contributed by atoms with Crippen LogP contribution in [-0.4, -0.2) is 44.4 Å². The van der Waals surface area contributed by atoms with E-state index in [-0.39, 0.29) is 17.9 Å². The summed E-state index contributed by atoms with van der Waals surface area (Å²) in [5.41, 5.74) is 3.21. The lowest BCUT2D eigenvalue weighted by atomic mass is 9.92. The first-order chi connectivity index (χ1) is 14.5. The molecule has 7 heteroatoms. The van der Waals surface area contributed by atoms with Crippen LogP contribution >= 0.6 is 0 Å². The van der Waals surface area contributed by atoms with E-state index in [9.17, 15) is 9.59 Å². The van der Waals surface area contributed by atoms with Crippen LogP contribution in [0.4, 0.5) is 0 Å². The van der Waals surface area contributed by atoms with Crippen molar-refractivity contribution >= 4 is 17.5 Å². The Hall–Kier alpha value is -3.22. The number of piperidine rings is 1. The number of aromatic nitrogens is 3. The molecule has 2 aromatic heterocycles. The molecule has 1 aliphatic rings. The van der Waals surface area contributed by atoms with Gasteiger partial charge in [-0.1, -0.05) is 30.3 Å². The highest BCUT2D eigenvalue weighted by molar-refractivity contribution is 5.99. The number of hydrogen-bond donors (Lipinski definition) is 1. The minimum absolute atomic E-state index is 0.00729. The number of benzene rings is 1. The van der Waals surface area contributed by atoms with Crippen LogP contribution in [0.2, 0.25) is 0 Å². The zero-order chi connectivity index (χ0) is 21.1. The van der Waals surface area contributed by atoms with Crippen LogP contribution < -0.4 is 5.32 Å². The monoisotopic (exact) mass is 405 g/mol. The van der Waals surface area contributed by atoms with E-state index in [1.807, 2.05) is 55.3 Å². The predicted molar refractivity (Wildman–Crippen MR) is 114 cm³/mol. The van der Waals surface area contributed by atoms with Gasteiger partial charge in [0.2, 0.25) is 5.91 Å². The molecule has 4 rings (SSSR count). The summed E-state index contributed by atoms with van der Waals surface area (Å²) in [4.78, 5) is 31.6. The van der Waals surface area contributed by atoms with Crippen molar-refractivity contribution in [3.63, 3.8) is 0 Å². The third kappa shape index (κ3) is 4.35. The van der Waals surface area contributed by atoms with Crippen molar-refractivity contribution in [3.05, 3.63) is 65.6 Å². The molecule has 0 spiro atoms. The van der Waals surface area contributed by atoms with E-state index in [0.29, 0.717) is 36.6 Å². The van der Waals surface area contributed by atoms with Gasteiger partial charge in [-0.15, -0.1) is 0 Å². The Morgan fingerprint density at radius 3 is 2.63 bits per heavy atom. The molecule has 1 N–H and O–H groups in total. The zero-order valence-electron chi connectivity index (χ0n) is 17.4. The standard InChI is InChI=1S/C23H27N5O2/c1-16-13-24-22-20(14-25-28(22)15-16)23(30)27-10-8-18(9-11-27)12-21(29)26-17(2)19-6-4-3-5-7-19/h3-7,13-15,17-18H,8-12H2,1-2H3,(H,26,29). The molecule has 30 heavy (non-hydrogen) atoms. The number of rotatable bonds is 5. The lowest BCUT2D eigenvalue weighted by Crippen LogP contribution is -2.39. The van der Waals surface area contributed by atoms with Gasteiger partial charge in [-0.05, 0) is 43.7 Å². The maximum atomic E-state index is 12.9. The third-order valence-corrected chi connectivity index (χ3v) is 5.77. The molecule has 0 saturated carbocycles. The summed E-state index contributed by atoms with van der Waals surface area (Å²) >= 11 is 0. The van der Waals surface area contributed by atoms with Crippen LogP contribution in [-0.2, 0) is 4.79 Å². The first kappa shape index (κ1) is 20.1. The molecule has 3 aromatic rings. The highest BCUT2D eigenvalue weighted by Gasteiger charge is 2.27. The van der Waals surface area contributed by atoms with E-state index < -0.39 is 0 Å². The maximum absolute atomic E-state index is 12.9. The molecule has 2 amide bonds. The second-order valence-electron chi connectivity index (χ2n) is 8.10. The Labute approximate surface area is 176 Å². The van der Waals surface area contributed by atoms with Gasteiger partial charge in [0, 0.05) is 31.9 Å². The summed E-state index contributed by atoms with van der Waals surface area (Å²) in [6.07, 6.45) is 7.34. The van der Waals surface area contributed by atoms with Crippen molar-refractivity contribution in [1.82, 2.24) is 24.8 Å². The summed E-state index contributed by atoms with van der Waals surface area (Å²) in [5.74, 6) is 0.321. The average molecular weight is 406 g/mol. The molecule has 3 heterocycles. The first-order valence-electron chi connectivity index (χ1n) is 10.4. The minimum atomic E-state index is -0.0399. The van der Waals surface area contributed by atoms with E-state index >= 15 is 0 Å². The second-order valence-corrected chi connectivity index (χ2v) is 8.10. The highest BCUT2D eigenvalue weighted by atomic mass is 16.2. The Kier molecular flexibility index (Phi) is 5.79. The molecule has 1 fully saturated rings. The number of nitrogens with zero attached hydrogens (tertiary/aromatic N) is 4. The smallest absolute Gasteiger partial charge is 0.259 e. The van der Waals surface area contributed by atoms with Crippen LogP contribution in [0.25, 0.3) is 5.65 Å². The van der Waals surface area contributed by atoms with Crippen LogP contribution in [0, 0.1) is 12.8 Å². The topological polar surface area (TPSA) is 79.6 Å². The van der Waals surface area contributed by atoms with Crippen molar-refractivity contribution < 1.29 is 9.59 Å². The Balaban J connectivity index is 1.30. The fourth-order valence-electron chi connectivity index (χ4n) is 4.02. The van der Waals surface area contributed by atoms with Gasteiger partial charge in [0.15, 0.2) is 5.65 Å². The molecule has 1 aromatic carbocycles. The summed E-state index contributed by atoms with van der Waals surface area (Å²) in [7, 11) is 0. The largest absolute Gasteiger partial charge is 0.350 e. The number of amides is 2. The highest BCUT2D eigenvalue weighted by Crippen LogP contribution is 2.23. The first-order valence-corrected chi connectivity index (χ1v) is 10.4. The fourth-order valence-corrected chi connectivity index (χ4v) is 4.02. The Morgan fingerprint density at radius 2 is 1.90 bits per heavy atom. The van der Waals surface area contributed by atoms with E-state index in [1.165, 1.54) is 0 Å². The molecule has 0 radical (unpaired) electrons. The number of fused-ring (bicyclic) bond motifs is 1. The fraction of sp³-hybridized carbons (Fsp3) is 0.391. The Morgan fingerprint density at radius 1 is 1.17 bits per heavy atom. The molecule has 1 saturated heterocycles. The van der Waals surface area contributed by atoms with Gasteiger partial charge >= 0.3 is 0 Å². The molecule has 0 aliphatic carbocycles. The van der Waals surface area contributed by atoms with Gasteiger partial charge in [-0.2, -0.15) is 5.10 Å². The molecule has 156 valence electrons. The third-order valence-electron chi connectivity index (χ3n) is 5.77. The zero-order valence-corrected chi connectivity index (χ0v) is 17.4. The molecular weight excluding hydrogens is 378 g/mol. The number of carbonyl (C=O) groups is 2.